The van der Waals surface area contributed by atoms with E-state index in [0.29, 0.717) is 11.8 Å². The van der Waals surface area contributed by atoms with Crippen LogP contribution >= 0.6 is 0 Å². The van der Waals surface area contributed by atoms with Crippen molar-refractivity contribution in [2.24, 2.45) is 17.8 Å². The molecular weight excluding hydrogens is 374 g/mol. The van der Waals surface area contributed by atoms with Gasteiger partial charge in [0.25, 0.3) is 5.56 Å². The lowest BCUT2D eigenvalue weighted by atomic mass is 9.83. The molecule has 160 valence electrons. The minimum absolute atomic E-state index is 0.276. The molecule has 1 aliphatic carbocycles. The van der Waals surface area contributed by atoms with E-state index in [1.54, 1.807) is 0 Å². The van der Waals surface area contributed by atoms with Gasteiger partial charge in [-0.1, -0.05) is 12.5 Å². The quantitative estimate of drug-likeness (QED) is 0.847. The molecule has 6 rings (SSSR count). The summed E-state index contributed by atoms with van der Waals surface area (Å²) in [5, 5.41) is 7.23. The van der Waals surface area contributed by atoms with Crippen molar-refractivity contribution in [1.82, 2.24) is 24.6 Å². The number of aryl methyl sites for hydroxylation is 1. The van der Waals surface area contributed by atoms with Gasteiger partial charge in [-0.05, 0) is 50.0 Å². The summed E-state index contributed by atoms with van der Waals surface area (Å²) in [7, 11) is 0. The molecule has 30 heavy (non-hydrogen) atoms. The van der Waals surface area contributed by atoms with Gasteiger partial charge in [0.1, 0.15) is 0 Å². The molecule has 2 saturated heterocycles. The highest BCUT2D eigenvalue weighted by Crippen LogP contribution is 2.39. The van der Waals surface area contributed by atoms with E-state index in [2.05, 4.69) is 43.6 Å². The number of piperidine rings is 1. The van der Waals surface area contributed by atoms with E-state index in [-0.39, 0.29) is 5.56 Å². The molecule has 0 aromatic carbocycles. The summed E-state index contributed by atoms with van der Waals surface area (Å²) in [4.78, 5) is 18.5. The Bertz CT molecular complexity index is 982. The van der Waals surface area contributed by atoms with Crippen molar-refractivity contribution >= 4 is 0 Å². The number of fused-ring (bicyclic) bond motifs is 5. The van der Waals surface area contributed by atoms with E-state index in [1.807, 2.05) is 6.20 Å². The van der Waals surface area contributed by atoms with E-state index < -0.39 is 0 Å². The van der Waals surface area contributed by atoms with Crippen LogP contribution in [0.25, 0.3) is 0 Å². The van der Waals surface area contributed by atoms with Crippen LogP contribution in [0.2, 0.25) is 0 Å². The number of likely N-dealkylation sites (tertiary alicyclic amines) is 2. The van der Waals surface area contributed by atoms with Gasteiger partial charge in [0.05, 0.1) is 6.20 Å². The molecule has 1 saturated carbocycles. The van der Waals surface area contributed by atoms with E-state index in [1.165, 1.54) is 50.0 Å². The second-order valence-electron chi connectivity index (χ2n) is 10.4. The van der Waals surface area contributed by atoms with Gasteiger partial charge in [0.2, 0.25) is 0 Å². The fraction of sp³-hybridized carbons (Fsp3) is 0.667. The Hall–Kier alpha value is -1.92. The first-order valence-electron chi connectivity index (χ1n) is 11.8. The molecule has 5 heterocycles. The van der Waals surface area contributed by atoms with Crippen LogP contribution < -0.4 is 5.56 Å². The van der Waals surface area contributed by atoms with Crippen LogP contribution in [0.3, 0.4) is 0 Å². The van der Waals surface area contributed by atoms with E-state index in [0.717, 1.165) is 55.8 Å². The van der Waals surface area contributed by atoms with Crippen LogP contribution in [0.5, 0.6) is 0 Å². The Morgan fingerprint density at radius 1 is 1.00 bits per heavy atom. The van der Waals surface area contributed by atoms with E-state index in [4.69, 9.17) is 0 Å². The Balaban J connectivity index is 1.19. The van der Waals surface area contributed by atoms with Crippen LogP contribution in [0.1, 0.15) is 54.1 Å². The van der Waals surface area contributed by atoms with Crippen LogP contribution in [0.15, 0.2) is 23.1 Å². The van der Waals surface area contributed by atoms with Crippen molar-refractivity contribution in [2.45, 2.75) is 58.2 Å². The minimum Gasteiger partial charge on any atom is -0.312 e. The zero-order valence-electron chi connectivity index (χ0n) is 18.0. The maximum absolute atomic E-state index is 13.4. The van der Waals surface area contributed by atoms with Crippen molar-refractivity contribution in [2.75, 3.05) is 26.2 Å². The number of rotatable bonds is 4. The van der Waals surface area contributed by atoms with Crippen LogP contribution in [0.4, 0.5) is 0 Å². The lowest BCUT2D eigenvalue weighted by Crippen LogP contribution is -2.47. The predicted molar refractivity (Wildman–Crippen MR) is 116 cm³/mol. The molecule has 0 radical (unpaired) electrons. The first-order chi connectivity index (χ1) is 14.6. The van der Waals surface area contributed by atoms with Crippen molar-refractivity contribution in [3.63, 3.8) is 0 Å². The fourth-order valence-electron chi connectivity index (χ4n) is 6.82. The Morgan fingerprint density at radius 3 is 2.53 bits per heavy atom. The molecule has 3 aliphatic heterocycles. The Kier molecular flexibility index (Phi) is 4.61. The number of H-pyrrole nitrogens is 1. The van der Waals surface area contributed by atoms with Crippen LogP contribution in [-0.2, 0) is 19.6 Å². The third-order valence-electron chi connectivity index (χ3n) is 8.28. The molecule has 0 spiro atoms. The smallest absolute Gasteiger partial charge is 0.255 e. The minimum atomic E-state index is 0.276. The third kappa shape index (κ3) is 3.25. The first-order valence-corrected chi connectivity index (χ1v) is 11.8. The molecule has 4 atom stereocenters. The number of hydrogen-bond donors (Lipinski definition) is 1. The lowest BCUT2D eigenvalue weighted by molar-refractivity contribution is 0.114. The van der Waals surface area contributed by atoms with Crippen molar-refractivity contribution in [3.8, 4) is 0 Å². The van der Waals surface area contributed by atoms with Crippen molar-refractivity contribution < 1.29 is 0 Å². The van der Waals surface area contributed by atoms with Gasteiger partial charge < -0.3 is 4.57 Å². The van der Waals surface area contributed by atoms with Crippen LogP contribution in [-0.4, -0.2) is 50.7 Å². The molecule has 2 aromatic rings. The zero-order valence-corrected chi connectivity index (χ0v) is 18.0. The molecule has 0 unspecified atom stereocenters. The predicted octanol–water partition coefficient (Wildman–Crippen LogP) is 2.73. The Labute approximate surface area is 178 Å². The third-order valence-corrected chi connectivity index (χ3v) is 8.28. The van der Waals surface area contributed by atoms with E-state index >= 15 is 0 Å². The van der Waals surface area contributed by atoms with E-state index in [9.17, 15) is 4.79 Å². The fourth-order valence-corrected chi connectivity index (χ4v) is 6.82. The maximum atomic E-state index is 13.4. The number of nitrogens with zero attached hydrogens (tertiary/aromatic N) is 4. The molecule has 3 fully saturated rings. The van der Waals surface area contributed by atoms with Gasteiger partial charge in [-0.3, -0.25) is 19.7 Å². The summed E-state index contributed by atoms with van der Waals surface area (Å²) in [5.41, 5.74) is 4.99. The summed E-state index contributed by atoms with van der Waals surface area (Å²) in [5.74, 6) is 2.81. The van der Waals surface area contributed by atoms with Gasteiger partial charge in [-0.2, -0.15) is 5.10 Å². The van der Waals surface area contributed by atoms with Gasteiger partial charge in [-0.15, -0.1) is 0 Å². The highest BCUT2D eigenvalue weighted by atomic mass is 16.1. The summed E-state index contributed by atoms with van der Waals surface area (Å²) in [6.45, 7) is 9.27. The molecule has 0 amide bonds. The lowest BCUT2D eigenvalue weighted by Gasteiger charge is -2.43. The summed E-state index contributed by atoms with van der Waals surface area (Å²) >= 11 is 0. The van der Waals surface area contributed by atoms with Gasteiger partial charge in [0, 0.05) is 74.2 Å². The number of hydrogen-bond acceptors (Lipinski definition) is 4. The SMILES string of the molecule is Cc1[nH]ncc1CN1C[C@@H]2C[C@H](C1)c1ccc(CN3C[C@H]4CCC[C@H]4C3)c(=O)n1C2. The second kappa shape index (κ2) is 7.34. The average molecular weight is 408 g/mol. The molecule has 4 aliphatic rings. The molecular formula is C24H33N5O. The van der Waals surface area contributed by atoms with Crippen molar-refractivity contribution in [1.29, 1.82) is 0 Å². The monoisotopic (exact) mass is 407 g/mol. The summed E-state index contributed by atoms with van der Waals surface area (Å²) < 4.78 is 2.13. The van der Waals surface area contributed by atoms with Gasteiger partial charge in [0.15, 0.2) is 0 Å². The highest BCUT2D eigenvalue weighted by molar-refractivity contribution is 5.23. The summed E-state index contributed by atoms with van der Waals surface area (Å²) in [6, 6.07) is 4.41. The second-order valence-corrected chi connectivity index (χ2v) is 10.4. The molecule has 6 heteroatoms. The standard InChI is InChI=1S/C24H33N5O/c1-16-22(8-25-26-16)15-27-9-17-7-21(14-27)23-6-5-20(24(30)29(23)10-17)13-28-11-18-3-2-4-19(18)12-28/h5-6,8,17-19,21H,2-4,7,9-15H2,1H3,(H,25,26)/t17-,18-,19+,21+/m0/s1. The first kappa shape index (κ1) is 18.8. The highest BCUT2D eigenvalue weighted by Gasteiger charge is 2.37. The number of aromatic nitrogens is 3. The number of nitrogens with one attached hydrogen (secondary N) is 1. The van der Waals surface area contributed by atoms with Crippen molar-refractivity contribution in [3.05, 3.63) is 51.2 Å². The largest absolute Gasteiger partial charge is 0.312 e. The van der Waals surface area contributed by atoms with Gasteiger partial charge >= 0.3 is 0 Å². The molecule has 2 bridgehead atoms. The maximum Gasteiger partial charge on any atom is 0.255 e. The normalized spacial score (nSPS) is 31.1. The van der Waals surface area contributed by atoms with Gasteiger partial charge in [-0.25, -0.2) is 0 Å². The number of pyridine rings is 1. The average Bonchev–Trinajstić information content (AvgIpc) is 3.42. The molecule has 1 N–H and O–H groups in total. The topological polar surface area (TPSA) is 57.2 Å². The zero-order chi connectivity index (χ0) is 20.2. The summed E-state index contributed by atoms with van der Waals surface area (Å²) in [6.07, 6.45) is 7.36. The molecule has 6 nitrogen and oxygen atoms in total. The van der Waals surface area contributed by atoms with Crippen LogP contribution in [0, 0.1) is 24.7 Å². The molecule has 2 aromatic heterocycles. The Morgan fingerprint density at radius 2 is 1.77 bits per heavy atom. The number of aromatic amines is 1.